The van der Waals surface area contributed by atoms with Crippen molar-refractivity contribution in [1.29, 1.82) is 0 Å². The molecular formula is C94H80. The third-order valence-corrected chi connectivity index (χ3v) is 18.0. The highest BCUT2D eigenvalue weighted by atomic mass is 14.4. The van der Waals surface area contributed by atoms with Crippen LogP contribution in [-0.2, 0) is 5.41 Å². The van der Waals surface area contributed by atoms with Gasteiger partial charge in [-0.1, -0.05) is 381 Å². The fraction of sp³-hybridized carbons (Fsp3) is 0.0851. The van der Waals surface area contributed by atoms with Crippen molar-refractivity contribution in [3.05, 3.63) is 397 Å². The van der Waals surface area contributed by atoms with Crippen LogP contribution in [0.15, 0.2) is 358 Å². The van der Waals surface area contributed by atoms with Gasteiger partial charge in [-0.2, -0.15) is 0 Å². The van der Waals surface area contributed by atoms with Gasteiger partial charge >= 0.3 is 0 Å². The minimum atomic E-state index is 0.0760. The highest BCUT2D eigenvalue weighted by Crippen LogP contribution is 2.49. The van der Waals surface area contributed by atoms with E-state index in [0.29, 0.717) is 0 Å². The third-order valence-electron chi connectivity index (χ3n) is 18.0. The molecule has 94 heavy (non-hydrogen) atoms. The average molecular weight is 1210 g/mol. The van der Waals surface area contributed by atoms with Crippen LogP contribution in [0.1, 0.15) is 52.8 Å². The second kappa shape index (κ2) is 29.4. The zero-order valence-corrected chi connectivity index (χ0v) is 55.1. The van der Waals surface area contributed by atoms with Gasteiger partial charge < -0.3 is 0 Å². The van der Waals surface area contributed by atoms with Crippen molar-refractivity contribution in [3.8, 4) is 89.0 Å². The van der Waals surface area contributed by atoms with E-state index in [2.05, 4.69) is 400 Å². The lowest BCUT2D eigenvalue weighted by Crippen LogP contribution is -2.14. The van der Waals surface area contributed by atoms with Gasteiger partial charge in [-0.25, -0.2) is 0 Å². The summed E-state index contributed by atoms with van der Waals surface area (Å²) in [4.78, 5) is 0. The molecule has 0 atom stereocenters. The summed E-state index contributed by atoms with van der Waals surface area (Å²) in [6.45, 7) is 15.3. The molecule has 0 saturated heterocycles. The monoisotopic (exact) mass is 1210 g/mol. The van der Waals surface area contributed by atoms with Gasteiger partial charge in [0.25, 0.3) is 0 Å². The molecule has 15 aromatic carbocycles. The van der Waals surface area contributed by atoms with Crippen molar-refractivity contribution < 1.29 is 0 Å². The van der Waals surface area contributed by atoms with Crippen LogP contribution in [0, 0.1) is 34.6 Å². The Balaban J connectivity index is 0.000000113. The van der Waals surface area contributed by atoms with E-state index in [1.165, 1.54) is 150 Å². The predicted molar refractivity (Wildman–Crippen MR) is 407 cm³/mol. The van der Waals surface area contributed by atoms with Crippen LogP contribution in [0.2, 0.25) is 0 Å². The van der Waals surface area contributed by atoms with Crippen molar-refractivity contribution in [3.63, 3.8) is 0 Å². The molecular weight excluding hydrogens is 1130 g/mol. The SMILES string of the molecule is Cc1ccc(-c2ccc3c(c2)C(C)(C)c2ccccc2-3)cc1.Cc1ccc(-c2ccc3ccccc3c2)cc1.Cc1ccc(-c2cccc(-c3ccccc3)c2)cc1.Cc1ccc(-c2cccc3ccccc23)cc1.Cc1ccc(-c2ccccc2-c2ccccc2)cc1. The Kier molecular flexibility index (Phi) is 19.7. The third kappa shape index (κ3) is 15.1. The van der Waals surface area contributed by atoms with Gasteiger partial charge in [-0.05, 0) is 175 Å². The summed E-state index contributed by atoms with van der Waals surface area (Å²) in [7, 11) is 0. The molecule has 0 spiro atoms. The maximum atomic E-state index is 2.38. The summed E-state index contributed by atoms with van der Waals surface area (Å²) in [6.07, 6.45) is 0. The van der Waals surface area contributed by atoms with Crippen LogP contribution < -0.4 is 0 Å². The number of rotatable bonds is 7. The van der Waals surface area contributed by atoms with Gasteiger partial charge in [0.05, 0.1) is 0 Å². The van der Waals surface area contributed by atoms with Crippen molar-refractivity contribution in [2.24, 2.45) is 0 Å². The molecule has 0 N–H and O–H groups in total. The van der Waals surface area contributed by atoms with Gasteiger partial charge in [0.2, 0.25) is 0 Å². The second-order valence-corrected chi connectivity index (χ2v) is 25.2. The first-order valence-electron chi connectivity index (χ1n) is 32.8. The number of fused-ring (bicyclic) bond motifs is 5. The first-order chi connectivity index (χ1) is 45.9. The van der Waals surface area contributed by atoms with E-state index in [9.17, 15) is 0 Å². The lowest BCUT2D eigenvalue weighted by Gasteiger charge is -2.22. The van der Waals surface area contributed by atoms with Crippen LogP contribution in [0.25, 0.3) is 111 Å². The molecule has 1 aliphatic rings. The predicted octanol–water partition coefficient (Wildman–Crippen LogP) is 26.3. The molecule has 0 heteroatoms. The van der Waals surface area contributed by atoms with Crippen LogP contribution in [0.5, 0.6) is 0 Å². The first-order valence-corrected chi connectivity index (χ1v) is 32.8. The largest absolute Gasteiger partial charge is 0.0622 e. The summed E-state index contributed by atoms with van der Waals surface area (Å²) in [5, 5.41) is 5.21. The zero-order valence-electron chi connectivity index (χ0n) is 55.1. The molecule has 0 saturated carbocycles. The maximum Gasteiger partial charge on any atom is 0.0159 e. The normalized spacial score (nSPS) is 11.4. The van der Waals surface area contributed by atoms with E-state index < -0.39 is 0 Å². The summed E-state index contributed by atoms with van der Waals surface area (Å²) >= 11 is 0. The summed E-state index contributed by atoms with van der Waals surface area (Å²) < 4.78 is 0. The zero-order chi connectivity index (χ0) is 64.8. The molecule has 0 heterocycles. The lowest BCUT2D eigenvalue weighted by molar-refractivity contribution is 0.660. The molecule has 0 bridgehead atoms. The Bertz CT molecular complexity index is 4940. The molecule has 0 aliphatic heterocycles. The molecule has 0 fully saturated rings. The molecule has 0 unspecified atom stereocenters. The van der Waals surface area contributed by atoms with Gasteiger partial charge in [0, 0.05) is 5.41 Å². The average Bonchev–Trinajstić information content (AvgIpc) is 1.58. The molecule has 15 aromatic rings. The standard InChI is InChI=1S/C22H20.2C19H16.2C17H14/c1-15-8-10-16(11-9-15)17-12-13-19-18-6-4-5-7-20(18)22(2,3)21(19)14-17;1-15-11-13-17(14-12-15)19-10-6-5-9-18(19)16-7-3-2-4-8-16;1-15-10-12-17(13-11-15)19-9-5-8-18(14-19)16-6-3-2-4-7-16;1-13-9-11-15(12-10-13)17-8-4-6-14-5-2-3-7-16(14)17;1-13-6-8-15(9-7-13)17-11-10-14-4-2-3-5-16(14)12-17/h4-14H,1-3H3;2*2-14H,1H3;2*2-12H,1H3. The molecule has 0 radical (unpaired) electrons. The number of hydrogen-bond acceptors (Lipinski definition) is 0. The van der Waals surface area contributed by atoms with Crippen molar-refractivity contribution in [2.75, 3.05) is 0 Å². The van der Waals surface area contributed by atoms with E-state index in [4.69, 9.17) is 0 Å². The van der Waals surface area contributed by atoms with Crippen LogP contribution in [0.4, 0.5) is 0 Å². The van der Waals surface area contributed by atoms with E-state index in [1.54, 1.807) is 0 Å². The van der Waals surface area contributed by atoms with Crippen LogP contribution in [0.3, 0.4) is 0 Å². The van der Waals surface area contributed by atoms with Gasteiger partial charge in [-0.15, -0.1) is 0 Å². The lowest BCUT2D eigenvalue weighted by atomic mass is 9.81. The first kappa shape index (κ1) is 63.0. The quantitative estimate of drug-likeness (QED) is 0.149. The Morgan fingerprint density at radius 2 is 0.479 bits per heavy atom. The molecule has 1 aliphatic carbocycles. The highest BCUT2D eigenvalue weighted by Gasteiger charge is 2.35. The molecule has 16 rings (SSSR count). The number of benzene rings is 15. The second-order valence-electron chi connectivity index (χ2n) is 25.2. The molecule has 456 valence electrons. The van der Waals surface area contributed by atoms with Gasteiger partial charge in [0.15, 0.2) is 0 Å². The molecule has 0 nitrogen and oxygen atoms in total. The van der Waals surface area contributed by atoms with Gasteiger partial charge in [-0.3, -0.25) is 0 Å². The number of aryl methyl sites for hydroxylation is 5. The highest BCUT2D eigenvalue weighted by molar-refractivity contribution is 5.97. The van der Waals surface area contributed by atoms with Crippen LogP contribution >= 0.6 is 0 Å². The van der Waals surface area contributed by atoms with Crippen molar-refractivity contribution in [1.82, 2.24) is 0 Å². The maximum absolute atomic E-state index is 2.38. The topological polar surface area (TPSA) is 0 Å². The molecule has 0 aromatic heterocycles. The van der Waals surface area contributed by atoms with E-state index in [0.717, 1.165) is 0 Å². The minimum Gasteiger partial charge on any atom is -0.0622 e. The van der Waals surface area contributed by atoms with E-state index >= 15 is 0 Å². The Hall–Kier alpha value is -11.2. The summed E-state index contributed by atoms with van der Waals surface area (Å²) in [6, 6.07) is 128. The Labute approximate surface area is 557 Å². The fourth-order valence-electron chi connectivity index (χ4n) is 12.5. The molecule has 0 amide bonds. The van der Waals surface area contributed by atoms with Crippen molar-refractivity contribution >= 4 is 21.5 Å². The van der Waals surface area contributed by atoms with Crippen molar-refractivity contribution in [2.45, 2.75) is 53.9 Å². The Morgan fingerprint density at radius 3 is 1.01 bits per heavy atom. The van der Waals surface area contributed by atoms with E-state index in [1.807, 2.05) is 6.07 Å². The van der Waals surface area contributed by atoms with E-state index in [-0.39, 0.29) is 5.41 Å². The Morgan fingerprint density at radius 1 is 0.170 bits per heavy atom. The fourth-order valence-corrected chi connectivity index (χ4v) is 12.5. The summed E-state index contributed by atoms with van der Waals surface area (Å²) in [5.41, 5.74) is 30.1. The smallest absolute Gasteiger partial charge is 0.0159 e. The summed E-state index contributed by atoms with van der Waals surface area (Å²) in [5.74, 6) is 0. The minimum absolute atomic E-state index is 0.0760. The van der Waals surface area contributed by atoms with Crippen LogP contribution in [-0.4, -0.2) is 0 Å². The van der Waals surface area contributed by atoms with Gasteiger partial charge in [0.1, 0.15) is 0 Å². The number of hydrogen-bond donors (Lipinski definition) is 0.